The van der Waals surface area contributed by atoms with Crippen molar-refractivity contribution >= 4 is 27.5 Å². The molecule has 1 N–H and O–H groups in total. The summed E-state index contributed by atoms with van der Waals surface area (Å²) in [7, 11) is 0. The van der Waals surface area contributed by atoms with Crippen molar-refractivity contribution in [1.29, 1.82) is 0 Å². The molecule has 2 aliphatic rings. The van der Waals surface area contributed by atoms with Crippen molar-refractivity contribution < 1.29 is 4.79 Å². The molecule has 3 unspecified atom stereocenters. The second kappa shape index (κ2) is 10.2. The van der Waals surface area contributed by atoms with Gasteiger partial charge in [-0.05, 0) is 30.7 Å². The summed E-state index contributed by atoms with van der Waals surface area (Å²) in [4.78, 5) is 41.3. The van der Waals surface area contributed by atoms with E-state index in [2.05, 4.69) is 40.5 Å². The molecule has 0 saturated carbocycles. The summed E-state index contributed by atoms with van der Waals surface area (Å²) in [6.45, 7) is 12.2. The van der Waals surface area contributed by atoms with Gasteiger partial charge >= 0.3 is 0 Å². The van der Waals surface area contributed by atoms with E-state index in [1.54, 1.807) is 0 Å². The summed E-state index contributed by atoms with van der Waals surface area (Å²) >= 11 is 1.52. The number of piperazine rings is 1. The molecule has 2 aromatic heterocycles. The summed E-state index contributed by atoms with van der Waals surface area (Å²) in [6, 6.07) is 10.00. The summed E-state index contributed by atoms with van der Waals surface area (Å²) in [5.41, 5.74) is 1.89. The van der Waals surface area contributed by atoms with Gasteiger partial charge in [0.15, 0.2) is 0 Å². The van der Waals surface area contributed by atoms with Crippen molar-refractivity contribution in [3.8, 4) is 11.1 Å². The predicted octanol–water partition coefficient (Wildman–Crippen LogP) is 3.83. The molecule has 0 radical (unpaired) electrons. The number of benzene rings is 1. The maximum atomic E-state index is 13.1. The minimum Gasteiger partial charge on any atom is -0.341 e. The number of hydrogen-bond acceptors (Lipinski definition) is 6. The molecule has 7 nitrogen and oxygen atoms in total. The first-order chi connectivity index (χ1) is 16.9. The smallest absolute Gasteiger partial charge is 0.260 e. The highest BCUT2D eigenvalue weighted by molar-refractivity contribution is 7.17. The number of nitrogens with zero attached hydrogens (tertiary/aromatic N) is 4. The van der Waals surface area contributed by atoms with Crippen LogP contribution in [0.25, 0.3) is 21.3 Å². The number of amides is 1. The fraction of sp³-hybridized carbons (Fsp3) is 0.519. The van der Waals surface area contributed by atoms with Crippen molar-refractivity contribution in [3.05, 3.63) is 51.9 Å². The van der Waals surface area contributed by atoms with Gasteiger partial charge in [0.25, 0.3) is 5.56 Å². The molecule has 3 aromatic rings. The molecule has 1 aromatic carbocycles. The second-order valence-electron chi connectivity index (χ2n) is 10.4. The van der Waals surface area contributed by atoms with E-state index in [0.717, 1.165) is 55.2 Å². The van der Waals surface area contributed by atoms with Crippen LogP contribution in [0.15, 0.2) is 40.5 Å². The van der Waals surface area contributed by atoms with Gasteiger partial charge in [-0.25, -0.2) is 4.98 Å². The first kappa shape index (κ1) is 24.2. The largest absolute Gasteiger partial charge is 0.341 e. The van der Waals surface area contributed by atoms with Crippen LogP contribution in [-0.4, -0.2) is 76.4 Å². The first-order valence-corrected chi connectivity index (χ1v) is 13.6. The number of aromatic amines is 1. The lowest BCUT2D eigenvalue weighted by Crippen LogP contribution is -2.52. The van der Waals surface area contributed by atoms with Crippen LogP contribution in [0, 0.1) is 11.8 Å². The van der Waals surface area contributed by atoms with Crippen molar-refractivity contribution in [3.63, 3.8) is 0 Å². The number of piperidine rings is 1. The topological polar surface area (TPSA) is 72.5 Å². The highest BCUT2D eigenvalue weighted by Crippen LogP contribution is 2.31. The normalized spacial score (nSPS) is 23.0. The van der Waals surface area contributed by atoms with Gasteiger partial charge in [-0.2, -0.15) is 0 Å². The van der Waals surface area contributed by atoms with Crippen LogP contribution in [0.1, 0.15) is 39.1 Å². The van der Waals surface area contributed by atoms with Crippen molar-refractivity contribution in [2.45, 2.75) is 33.2 Å². The maximum Gasteiger partial charge on any atom is 0.260 e. The van der Waals surface area contributed by atoms with Gasteiger partial charge in [-0.15, -0.1) is 11.3 Å². The molecule has 2 fully saturated rings. The standard InChI is InChI=1S/C27H35N5O2S/c1-18-13-19(2)15-32(14-18)23(33)16-30-9-11-31(12-10-30)20(3)25-28-26(34)24-22(17-35-27(24)29-25)21-7-5-4-6-8-21/h4-8,17-20H,9-16H2,1-3H3,(H,28,29,34). The minimum absolute atomic E-state index is 0.0102. The van der Waals surface area contributed by atoms with Crippen LogP contribution >= 0.6 is 11.3 Å². The van der Waals surface area contributed by atoms with Gasteiger partial charge in [0.05, 0.1) is 18.0 Å². The Kier molecular flexibility index (Phi) is 7.05. The van der Waals surface area contributed by atoms with Gasteiger partial charge in [0, 0.05) is 50.2 Å². The summed E-state index contributed by atoms with van der Waals surface area (Å²) < 4.78 is 0. The molecule has 35 heavy (non-hydrogen) atoms. The molecule has 4 heterocycles. The molecule has 1 amide bonds. The van der Waals surface area contributed by atoms with Gasteiger partial charge in [-0.3, -0.25) is 19.4 Å². The molecule has 3 atom stereocenters. The number of H-pyrrole nitrogens is 1. The van der Waals surface area contributed by atoms with Crippen LogP contribution in [0.3, 0.4) is 0 Å². The summed E-state index contributed by atoms with van der Waals surface area (Å²) in [5.74, 6) is 2.14. The first-order valence-electron chi connectivity index (χ1n) is 12.7. The maximum absolute atomic E-state index is 13.1. The quantitative estimate of drug-likeness (QED) is 0.585. The number of nitrogens with one attached hydrogen (secondary N) is 1. The molecule has 0 spiro atoms. The van der Waals surface area contributed by atoms with E-state index in [4.69, 9.17) is 4.98 Å². The lowest BCUT2D eigenvalue weighted by molar-refractivity contribution is -0.135. The lowest BCUT2D eigenvalue weighted by Gasteiger charge is -2.39. The molecule has 2 aliphatic heterocycles. The molecule has 2 saturated heterocycles. The number of fused-ring (bicyclic) bond motifs is 1. The van der Waals surface area contributed by atoms with Crippen molar-refractivity contribution in [1.82, 2.24) is 24.7 Å². The van der Waals surface area contributed by atoms with Gasteiger partial charge in [0.2, 0.25) is 5.91 Å². The van der Waals surface area contributed by atoms with E-state index in [1.165, 1.54) is 17.8 Å². The number of rotatable bonds is 5. The molecule has 5 rings (SSSR count). The van der Waals surface area contributed by atoms with Crippen molar-refractivity contribution in [2.75, 3.05) is 45.8 Å². The lowest BCUT2D eigenvalue weighted by atomic mass is 9.92. The van der Waals surface area contributed by atoms with Gasteiger partial charge < -0.3 is 9.88 Å². The number of likely N-dealkylation sites (tertiary alicyclic amines) is 1. The van der Waals surface area contributed by atoms with Gasteiger partial charge in [-0.1, -0.05) is 44.2 Å². The van der Waals surface area contributed by atoms with E-state index in [9.17, 15) is 9.59 Å². The third-order valence-electron chi connectivity index (χ3n) is 7.48. The Bertz CT molecular complexity index is 1220. The van der Waals surface area contributed by atoms with Crippen LogP contribution in [0.5, 0.6) is 0 Å². The average Bonchev–Trinajstić information content (AvgIpc) is 3.29. The Morgan fingerprint density at radius 2 is 1.80 bits per heavy atom. The minimum atomic E-state index is -0.0776. The zero-order chi connectivity index (χ0) is 24.5. The SMILES string of the molecule is CC1CC(C)CN(C(=O)CN2CCN(C(C)c3nc4scc(-c5ccccc5)c4c(=O)[nH]3)CC2)C1. The predicted molar refractivity (Wildman–Crippen MR) is 142 cm³/mol. The number of aromatic nitrogens is 2. The zero-order valence-corrected chi connectivity index (χ0v) is 21.7. The van der Waals surface area contributed by atoms with Crippen LogP contribution in [-0.2, 0) is 4.79 Å². The Morgan fingerprint density at radius 3 is 2.49 bits per heavy atom. The fourth-order valence-electron chi connectivity index (χ4n) is 5.63. The van der Waals surface area contributed by atoms with E-state index < -0.39 is 0 Å². The third-order valence-corrected chi connectivity index (χ3v) is 8.35. The highest BCUT2D eigenvalue weighted by Gasteiger charge is 2.29. The molecule has 8 heteroatoms. The zero-order valence-electron chi connectivity index (χ0n) is 20.9. The number of thiophene rings is 1. The van der Waals surface area contributed by atoms with Crippen LogP contribution < -0.4 is 5.56 Å². The van der Waals surface area contributed by atoms with E-state index in [0.29, 0.717) is 29.6 Å². The third kappa shape index (κ3) is 5.20. The molecule has 0 aliphatic carbocycles. The molecular weight excluding hydrogens is 458 g/mol. The molecule has 0 bridgehead atoms. The van der Waals surface area contributed by atoms with E-state index in [-0.39, 0.29) is 17.5 Å². The average molecular weight is 494 g/mol. The van der Waals surface area contributed by atoms with Crippen molar-refractivity contribution in [2.24, 2.45) is 11.8 Å². The Labute approximate surface area is 210 Å². The Hall–Kier alpha value is -2.55. The number of hydrogen-bond donors (Lipinski definition) is 1. The number of carbonyl (C=O) groups is 1. The fourth-order valence-corrected chi connectivity index (χ4v) is 6.59. The second-order valence-corrected chi connectivity index (χ2v) is 11.2. The van der Waals surface area contributed by atoms with Crippen LogP contribution in [0.2, 0.25) is 0 Å². The van der Waals surface area contributed by atoms with Crippen LogP contribution in [0.4, 0.5) is 0 Å². The Morgan fingerprint density at radius 1 is 1.11 bits per heavy atom. The molecule has 186 valence electrons. The summed E-state index contributed by atoms with van der Waals surface area (Å²) in [5, 5.41) is 2.69. The monoisotopic (exact) mass is 493 g/mol. The Balaban J connectivity index is 1.22. The summed E-state index contributed by atoms with van der Waals surface area (Å²) in [6.07, 6.45) is 1.21. The number of carbonyl (C=O) groups excluding carboxylic acids is 1. The highest BCUT2D eigenvalue weighted by atomic mass is 32.1. The molecular formula is C27H35N5O2S. The van der Waals surface area contributed by atoms with E-state index in [1.807, 2.05) is 35.7 Å². The van der Waals surface area contributed by atoms with Gasteiger partial charge in [0.1, 0.15) is 10.7 Å². The van der Waals surface area contributed by atoms with E-state index >= 15 is 0 Å².